The molecule has 0 heterocycles. The second-order valence-corrected chi connectivity index (χ2v) is 8.76. The van der Waals surface area contributed by atoms with Crippen molar-refractivity contribution in [3.05, 3.63) is 29.3 Å². The summed E-state index contributed by atoms with van der Waals surface area (Å²) in [4.78, 5) is 13.9. The molecule has 0 spiro atoms. The van der Waals surface area contributed by atoms with Crippen LogP contribution in [0.15, 0.2) is 23.1 Å². The van der Waals surface area contributed by atoms with Crippen molar-refractivity contribution in [2.45, 2.75) is 32.6 Å². The van der Waals surface area contributed by atoms with Crippen LogP contribution in [0.4, 0.5) is 0 Å². The third-order valence-corrected chi connectivity index (χ3v) is 3.97. The zero-order chi connectivity index (χ0) is 15.7. The van der Waals surface area contributed by atoms with Crippen LogP contribution in [0.1, 0.15) is 36.7 Å². The number of halogens is 1. The molecule has 0 N–H and O–H groups in total. The molecule has 0 aliphatic rings. The molecule has 0 aromatic heterocycles. The monoisotopic (exact) mass is 317 g/mol. The molecule has 1 rings (SSSR count). The first kappa shape index (κ1) is 17.0. The molecule has 0 aliphatic heterocycles. The fourth-order valence-corrected chi connectivity index (χ4v) is 2.88. The highest BCUT2D eigenvalue weighted by Crippen LogP contribution is 2.21. The molecule has 1 aromatic rings. The molecule has 20 heavy (non-hydrogen) atoms. The fraction of sp³-hybridized carbons (Fsp3) is 0.500. The van der Waals surface area contributed by atoms with Crippen LogP contribution in [0, 0.1) is 12.3 Å². The first-order chi connectivity index (χ1) is 8.90. The van der Waals surface area contributed by atoms with Gasteiger partial charge in [0, 0.05) is 29.8 Å². The van der Waals surface area contributed by atoms with E-state index in [-0.39, 0.29) is 16.2 Å². The molecule has 1 aromatic carbocycles. The van der Waals surface area contributed by atoms with Crippen molar-refractivity contribution in [2.75, 3.05) is 13.6 Å². The van der Waals surface area contributed by atoms with Crippen molar-refractivity contribution in [3.63, 3.8) is 0 Å². The Morgan fingerprint density at radius 2 is 1.80 bits per heavy atom. The summed E-state index contributed by atoms with van der Waals surface area (Å²) in [5.74, 6) is -0.217. The Bertz CT molecular complexity index is 618. The smallest absolute Gasteiger partial charge is 0.261 e. The predicted octanol–water partition coefficient (Wildman–Crippen LogP) is 3.04. The fourth-order valence-electron chi connectivity index (χ4n) is 2.02. The molecule has 6 heteroatoms. The number of hydrogen-bond donors (Lipinski definition) is 0. The standard InChI is InChI=1S/C14H20ClNO3S/c1-10-6-11(8-12(7-10)20(15,18)19)13(17)16(5)9-14(2,3)4/h6-8H,9H2,1-5H3. The highest BCUT2D eigenvalue weighted by molar-refractivity contribution is 8.13. The molecule has 0 saturated carbocycles. The van der Waals surface area contributed by atoms with E-state index in [2.05, 4.69) is 0 Å². The van der Waals surface area contributed by atoms with Gasteiger partial charge in [-0.25, -0.2) is 8.42 Å². The summed E-state index contributed by atoms with van der Waals surface area (Å²) in [6.07, 6.45) is 0. The van der Waals surface area contributed by atoms with E-state index in [1.54, 1.807) is 24.9 Å². The normalized spacial score (nSPS) is 12.3. The Labute approximate surface area is 125 Å². The summed E-state index contributed by atoms with van der Waals surface area (Å²) in [6, 6.07) is 4.42. The minimum Gasteiger partial charge on any atom is -0.341 e. The van der Waals surface area contributed by atoms with Crippen molar-refractivity contribution < 1.29 is 13.2 Å². The Kier molecular flexibility index (Phi) is 4.87. The van der Waals surface area contributed by atoms with Gasteiger partial charge in [0.15, 0.2) is 0 Å². The average molecular weight is 318 g/mol. The van der Waals surface area contributed by atoms with Gasteiger partial charge in [0.2, 0.25) is 0 Å². The van der Waals surface area contributed by atoms with E-state index in [0.717, 1.165) is 0 Å². The lowest BCUT2D eigenvalue weighted by atomic mass is 9.96. The second-order valence-electron chi connectivity index (χ2n) is 6.19. The largest absolute Gasteiger partial charge is 0.341 e. The molecule has 0 bridgehead atoms. The van der Waals surface area contributed by atoms with Crippen LogP contribution in [0.3, 0.4) is 0 Å². The van der Waals surface area contributed by atoms with Gasteiger partial charge in [0.05, 0.1) is 4.90 Å². The summed E-state index contributed by atoms with van der Waals surface area (Å²) >= 11 is 0. The lowest BCUT2D eigenvalue weighted by Gasteiger charge is -2.26. The quantitative estimate of drug-likeness (QED) is 0.805. The summed E-state index contributed by atoms with van der Waals surface area (Å²) in [5.41, 5.74) is 0.977. The van der Waals surface area contributed by atoms with Gasteiger partial charge >= 0.3 is 0 Å². The Morgan fingerprint density at radius 3 is 2.25 bits per heavy atom. The number of carbonyl (C=O) groups excluding carboxylic acids is 1. The van der Waals surface area contributed by atoms with Gasteiger partial charge in [-0.2, -0.15) is 0 Å². The van der Waals surface area contributed by atoms with Gasteiger partial charge in [0.25, 0.3) is 15.0 Å². The Hall–Kier alpha value is -1.07. The summed E-state index contributed by atoms with van der Waals surface area (Å²) in [7, 11) is 3.20. The van der Waals surface area contributed by atoms with Gasteiger partial charge < -0.3 is 4.90 Å². The zero-order valence-corrected chi connectivity index (χ0v) is 14.0. The summed E-state index contributed by atoms with van der Waals surface area (Å²) in [5, 5.41) is 0. The van der Waals surface area contributed by atoms with Crippen LogP contribution in [0.5, 0.6) is 0 Å². The Balaban J connectivity index is 3.14. The van der Waals surface area contributed by atoms with Crippen LogP contribution in [-0.4, -0.2) is 32.8 Å². The highest BCUT2D eigenvalue weighted by Gasteiger charge is 2.21. The van der Waals surface area contributed by atoms with Crippen molar-refractivity contribution in [1.29, 1.82) is 0 Å². The van der Waals surface area contributed by atoms with Gasteiger partial charge in [-0.15, -0.1) is 0 Å². The Morgan fingerprint density at radius 1 is 1.25 bits per heavy atom. The van der Waals surface area contributed by atoms with Gasteiger partial charge in [-0.3, -0.25) is 4.79 Å². The molecule has 0 unspecified atom stereocenters. The number of aryl methyl sites for hydroxylation is 1. The van der Waals surface area contributed by atoms with Crippen molar-refractivity contribution >= 4 is 25.6 Å². The molecule has 4 nitrogen and oxygen atoms in total. The zero-order valence-electron chi connectivity index (χ0n) is 12.4. The maximum atomic E-state index is 12.3. The van der Waals surface area contributed by atoms with Crippen LogP contribution in [-0.2, 0) is 9.05 Å². The van der Waals surface area contributed by atoms with Crippen LogP contribution >= 0.6 is 10.7 Å². The van der Waals surface area contributed by atoms with Gasteiger partial charge in [-0.1, -0.05) is 20.8 Å². The third kappa shape index (κ3) is 4.80. The van der Waals surface area contributed by atoms with Gasteiger partial charge in [-0.05, 0) is 36.1 Å². The first-order valence-electron chi connectivity index (χ1n) is 6.22. The van der Waals surface area contributed by atoms with E-state index >= 15 is 0 Å². The minimum absolute atomic E-state index is 0.0321. The molecule has 1 amide bonds. The lowest BCUT2D eigenvalue weighted by molar-refractivity contribution is 0.0745. The minimum atomic E-state index is -3.84. The number of rotatable bonds is 3. The third-order valence-electron chi connectivity index (χ3n) is 2.64. The molecular formula is C14H20ClNO3S. The van der Waals surface area contributed by atoms with E-state index in [4.69, 9.17) is 10.7 Å². The second kappa shape index (κ2) is 5.74. The van der Waals surface area contributed by atoms with Crippen LogP contribution in [0.25, 0.3) is 0 Å². The van der Waals surface area contributed by atoms with Crippen molar-refractivity contribution in [1.82, 2.24) is 4.90 Å². The maximum absolute atomic E-state index is 12.3. The van der Waals surface area contributed by atoms with Crippen molar-refractivity contribution in [2.24, 2.45) is 5.41 Å². The number of carbonyl (C=O) groups is 1. The molecule has 0 radical (unpaired) electrons. The van der Waals surface area contributed by atoms with E-state index < -0.39 is 9.05 Å². The SMILES string of the molecule is Cc1cc(C(=O)N(C)CC(C)(C)C)cc(S(=O)(=O)Cl)c1. The number of nitrogens with zero attached hydrogens (tertiary/aromatic N) is 1. The van der Waals surface area contributed by atoms with E-state index in [1.807, 2.05) is 20.8 Å². The van der Waals surface area contributed by atoms with Gasteiger partial charge in [0.1, 0.15) is 0 Å². The summed E-state index contributed by atoms with van der Waals surface area (Å²) in [6.45, 7) is 8.39. The number of amides is 1. The lowest BCUT2D eigenvalue weighted by Crippen LogP contribution is -2.34. The average Bonchev–Trinajstić information content (AvgIpc) is 2.23. The molecular weight excluding hydrogens is 298 g/mol. The highest BCUT2D eigenvalue weighted by atomic mass is 35.7. The molecule has 0 aliphatic carbocycles. The first-order valence-corrected chi connectivity index (χ1v) is 8.53. The molecule has 0 atom stereocenters. The maximum Gasteiger partial charge on any atom is 0.261 e. The van der Waals surface area contributed by atoms with E-state index in [1.165, 1.54) is 12.1 Å². The molecule has 112 valence electrons. The van der Waals surface area contributed by atoms with E-state index in [0.29, 0.717) is 17.7 Å². The number of benzene rings is 1. The topological polar surface area (TPSA) is 54.5 Å². The summed E-state index contributed by atoms with van der Waals surface area (Å²) < 4.78 is 22.8. The molecule has 0 saturated heterocycles. The van der Waals surface area contributed by atoms with Crippen molar-refractivity contribution in [3.8, 4) is 0 Å². The molecule has 0 fully saturated rings. The van der Waals surface area contributed by atoms with Crippen LogP contribution < -0.4 is 0 Å². The van der Waals surface area contributed by atoms with Crippen LogP contribution in [0.2, 0.25) is 0 Å². The number of hydrogen-bond acceptors (Lipinski definition) is 3. The van der Waals surface area contributed by atoms with E-state index in [9.17, 15) is 13.2 Å². The predicted molar refractivity (Wildman–Crippen MR) is 80.6 cm³/mol.